The molecular weight excluding hydrogens is 200 g/mol. The molecule has 1 unspecified atom stereocenters. The smallest absolute Gasteiger partial charge is 0.230 e. The van der Waals surface area contributed by atoms with Crippen molar-refractivity contribution in [2.45, 2.75) is 25.8 Å². The van der Waals surface area contributed by atoms with Crippen molar-refractivity contribution in [2.24, 2.45) is 0 Å². The molecule has 0 aliphatic rings. The maximum atomic E-state index is 11.2. The van der Waals surface area contributed by atoms with Crippen molar-refractivity contribution >= 4 is 17.7 Å². The van der Waals surface area contributed by atoms with Gasteiger partial charge in [-0.05, 0) is 12.8 Å². The lowest BCUT2D eigenvalue weighted by atomic mass is 10.1. The van der Waals surface area contributed by atoms with E-state index in [2.05, 4.69) is 5.32 Å². The Hall–Kier alpha value is -0.730. The average Bonchev–Trinajstić information content (AvgIpc) is 2.17. The molecular formula is C9H16N2O2S. The van der Waals surface area contributed by atoms with Crippen molar-refractivity contribution < 1.29 is 9.90 Å². The molecule has 80 valence electrons. The van der Waals surface area contributed by atoms with Crippen molar-refractivity contribution in [1.29, 1.82) is 5.26 Å². The van der Waals surface area contributed by atoms with Crippen LogP contribution in [0.3, 0.4) is 0 Å². The van der Waals surface area contributed by atoms with Crippen LogP contribution in [0.25, 0.3) is 0 Å². The van der Waals surface area contributed by atoms with Gasteiger partial charge in [0.2, 0.25) is 5.91 Å². The lowest BCUT2D eigenvalue weighted by molar-refractivity contribution is -0.119. The molecule has 0 bridgehead atoms. The van der Waals surface area contributed by atoms with Crippen molar-refractivity contribution in [1.82, 2.24) is 5.32 Å². The first-order valence-electron chi connectivity index (χ1n) is 4.59. The Bertz CT molecular complexity index is 203. The zero-order valence-corrected chi connectivity index (χ0v) is 9.14. The number of hydrogen-bond acceptors (Lipinski definition) is 4. The molecule has 1 atom stereocenters. The molecule has 1 amide bonds. The lowest BCUT2D eigenvalue weighted by Crippen LogP contribution is -2.36. The van der Waals surface area contributed by atoms with E-state index in [-0.39, 0.29) is 18.6 Å². The zero-order valence-electron chi connectivity index (χ0n) is 8.32. The Kier molecular flexibility index (Phi) is 8.39. The molecule has 0 aromatic rings. The predicted octanol–water partition coefficient (Wildman–Crippen LogP) is 0.520. The molecule has 5 heteroatoms. The molecule has 0 heterocycles. The zero-order chi connectivity index (χ0) is 10.8. The second-order valence-corrected chi connectivity index (χ2v) is 3.82. The summed E-state index contributed by atoms with van der Waals surface area (Å²) in [6, 6.07) is 2.01. The van der Waals surface area contributed by atoms with Crippen molar-refractivity contribution in [2.75, 3.05) is 18.1 Å². The summed E-state index contributed by atoms with van der Waals surface area (Å²) < 4.78 is 0. The maximum Gasteiger partial charge on any atom is 0.230 e. The standard InChI is InChI=1S/C9H16N2O2S/c1-2-8(3-5-12)11-9(13)7-14-6-4-10/h8,12H,2-3,5-7H2,1H3,(H,11,13). The monoisotopic (exact) mass is 216 g/mol. The number of rotatable bonds is 7. The van der Waals surface area contributed by atoms with Gasteiger partial charge < -0.3 is 10.4 Å². The number of aliphatic hydroxyl groups excluding tert-OH is 1. The van der Waals surface area contributed by atoms with Gasteiger partial charge in [-0.25, -0.2) is 0 Å². The third kappa shape index (κ3) is 6.75. The van der Waals surface area contributed by atoms with Crippen LogP contribution in [0.4, 0.5) is 0 Å². The Morgan fingerprint density at radius 2 is 2.43 bits per heavy atom. The van der Waals surface area contributed by atoms with E-state index in [0.29, 0.717) is 17.9 Å². The number of carbonyl (C=O) groups excluding carboxylic acids is 1. The summed E-state index contributed by atoms with van der Waals surface area (Å²) in [5, 5.41) is 19.7. The third-order valence-corrected chi connectivity index (χ3v) is 2.53. The molecule has 0 rings (SSSR count). The number of hydrogen-bond donors (Lipinski definition) is 2. The molecule has 0 radical (unpaired) electrons. The van der Waals surface area contributed by atoms with E-state index in [9.17, 15) is 4.79 Å². The lowest BCUT2D eigenvalue weighted by Gasteiger charge is -2.14. The summed E-state index contributed by atoms with van der Waals surface area (Å²) >= 11 is 1.30. The largest absolute Gasteiger partial charge is 0.396 e. The van der Waals surface area contributed by atoms with Gasteiger partial charge in [-0.15, -0.1) is 11.8 Å². The highest BCUT2D eigenvalue weighted by molar-refractivity contribution is 8.00. The first-order chi connectivity index (χ1) is 6.74. The predicted molar refractivity (Wildman–Crippen MR) is 56.9 cm³/mol. The fraction of sp³-hybridized carbons (Fsp3) is 0.778. The number of carbonyl (C=O) groups is 1. The van der Waals surface area contributed by atoms with Crippen LogP contribution in [0.2, 0.25) is 0 Å². The van der Waals surface area contributed by atoms with Gasteiger partial charge in [-0.3, -0.25) is 4.79 Å². The van der Waals surface area contributed by atoms with Gasteiger partial charge in [0, 0.05) is 12.6 Å². The number of thioether (sulfide) groups is 1. The number of nitrogens with zero attached hydrogens (tertiary/aromatic N) is 1. The van der Waals surface area contributed by atoms with E-state index in [1.807, 2.05) is 13.0 Å². The highest BCUT2D eigenvalue weighted by atomic mass is 32.2. The molecule has 0 aliphatic heterocycles. The van der Waals surface area contributed by atoms with Crippen molar-refractivity contribution in [3.63, 3.8) is 0 Å². The quantitative estimate of drug-likeness (QED) is 0.608. The molecule has 0 spiro atoms. The van der Waals surface area contributed by atoms with E-state index in [0.717, 1.165) is 6.42 Å². The van der Waals surface area contributed by atoms with Gasteiger partial charge in [-0.1, -0.05) is 6.92 Å². The first kappa shape index (κ1) is 13.3. The maximum absolute atomic E-state index is 11.2. The van der Waals surface area contributed by atoms with Crippen LogP contribution >= 0.6 is 11.8 Å². The summed E-state index contributed by atoms with van der Waals surface area (Å²) in [6.45, 7) is 2.05. The minimum Gasteiger partial charge on any atom is -0.396 e. The van der Waals surface area contributed by atoms with Crippen LogP contribution in [0, 0.1) is 11.3 Å². The minimum atomic E-state index is -0.0643. The number of nitrogens with one attached hydrogen (secondary N) is 1. The van der Waals surface area contributed by atoms with Gasteiger partial charge in [0.25, 0.3) is 0 Å². The summed E-state index contributed by atoms with van der Waals surface area (Å²) in [4.78, 5) is 11.2. The van der Waals surface area contributed by atoms with E-state index in [1.165, 1.54) is 11.8 Å². The van der Waals surface area contributed by atoms with E-state index in [4.69, 9.17) is 10.4 Å². The highest BCUT2D eigenvalue weighted by Gasteiger charge is 2.09. The number of nitriles is 1. The summed E-state index contributed by atoms with van der Waals surface area (Å²) in [6.07, 6.45) is 1.40. The first-order valence-corrected chi connectivity index (χ1v) is 5.75. The van der Waals surface area contributed by atoms with Gasteiger partial charge in [0.1, 0.15) is 0 Å². The van der Waals surface area contributed by atoms with Gasteiger partial charge >= 0.3 is 0 Å². The van der Waals surface area contributed by atoms with Crippen LogP contribution in [0.15, 0.2) is 0 Å². The number of amides is 1. The van der Waals surface area contributed by atoms with Crippen LogP contribution in [-0.4, -0.2) is 35.2 Å². The Labute approximate surface area is 88.7 Å². The van der Waals surface area contributed by atoms with Crippen molar-refractivity contribution in [3.05, 3.63) is 0 Å². The molecule has 2 N–H and O–H groups in total. The summed E-state index contributed by atoms with van der Waals surface area (Å²) in [5.74, 6) is 0.588. The summed E-state index contributed by atoms with van der Waals surface area (Å²) in [7, 11) is 0. The Morgan fingerprint density at radius 3 is 2.93 bits per heavy atom. The van der Waals surface area contributed by atoms with Gasteiger partial charge in [-0.2, -0.15) is 5.26 Å². The molecule has 0 aromatic carbocycles. The second kappa shape index (κ2) is 8.85. The molecule has 4 nitrogen and oxygen atoms in total. The molecule has 0 aromatic heterocycles. The second-order valence-electron chi connectivity index (χ2n) is 2.84. The SMILES string of the molecule is CCC(CCO)NC(=O)CSCC#N. The molecule has 0 saturated carbocycles. The molecule has 0 saturated heterocycles. The fourth-order valence-electron chi connectivity index (χ4n) is 0.993. The van der Waals surface area contributed by atoms with Gasteiger partial charge in [0.15, 0.2) is 0 Å². The van der Waals surface area contributed by atoms with Crippen molar-refractivity contribution in [3.8, 4) is 6.07 Å². The Balaban J connectivity index is 3.63. The third-order valence-electron chi connectivity index (χ3n) is 1.74. The highest BCUT2D eigenvalue weighted by Crippen LogP contribution is 2.00. The summed E-state index contributed by atoms with van der Waals surface area (Å²) in [5.41, 5.74) is 0. The van der Waals surface area contributed by atoms with Crippen LogP contribution in [0.1, 0.15) is 19.8 Å². The molecule has 14 heavy (non-hydrogen) atoms. The molecule has 0 fully saturated rings. The topological polar surface area (TPSA) is 73.1 Å². The minimum absolute atomic E-state index is 0.0511. The normalized spacial score (nSPS) is 11.8. The van der Waals surface area contributed by atoms with E-state index in [1.54, 1.807) is 0 Å². The molecule has 0 aliphatic carbocycles. The van der Waals surface area contributed by atoms with E-state index >= 15 is 0 Å². The van der Waals surface area contributed by atoms with E-state index < -0.39 is 0 Å². The number of aliphatic hydroxyl groups is 1. The van der Waals surface area contributed by atoms with Gasteiger partial charge in [0.05, 0.1) is 17.6 Å². The van der Waals surface area contributed by atoms with Crippen LogP contribution in [-0.2, 0) is 4.79 Å². The Morgan fingerprint density at radius 1 is 1.71 bits per heavy atom. The fourth-order valence-corrected chi connectivity index (χ4v) is 1.45. The average molecular weight is 216 g/mol. The van der Waals surface area contributed by atoms with Crippen LogP contribution < -0.4 is 5.32 Å². The van der Waals surface area contributed by atoms with Crippen LogP contribution in [0.5, 0.6) is 0 Å².